The van der Waals surface area contributed by atoms with Gasteiger partial charge in [-0.3, -0.25) is 14.7 Å². The van der Waals surface area contributed by atoms with Gasteiger partial charge in [-0.25, -0.2) is 4.99 Å². The standard InChI is InChI=1S/C29H45N3O4S/c1-6-11-23(4)28(31-29(30-5)37-21-27(33)34)26-14-13-25(36-26)24(20-22(3)7-2)12-9-8-10-15-32-16-18-35-19-17-32/h12-14,20,23H,6-11,15-19,21H2,1-5H3,(H,33,34). The minimum absolute atomic E-state index is 0.0749. The molecule has 1 N–H and O–H groups in total. The van der Waals surface area contributed by atoms with Gasteiger partial charge >= 0.3 is 5.97 Å². The van der Waals surface area contributed by atoms with Gasteiger partial charge in [0.25, 0.3) is 0 Å². The number of amidine groups is 1. The first kappa shape index (κ1) is 31.1. The molecule has 37 heavy (non-hydrogen) atoms. The van der Waals surface area contributed by atoms with Gasteiger partial charge in [0.2, 0.25) is 0 Å². The van der Waals surface area contributed by atoms with Gasteiger partial charge in [0.15, 0.2) is 5.17 Å². The Hall–Kier alpha value is -2.16. The van der Waals surface area contributed by atoms with E-state index in [1.807, 2.05) is 12.1 Å². The van der Waals surface area contributed by atoms with E-state index in [9.17, 15) is 4.79 Å². The third-order valence-electron chi connectivity index (χ3n) is 6.42. The number of allylic oxidation sites excluding steroid dienone is 4. The number of carboxylic acid groups (broad SMARTS) is 1. The third kappa shape index (κ3) is 11.4. The van der Waals surface area contributed by atoms with Crippen molar-refractivity contribution in [1.82, 2.24) is 4.90 Å². The van der Waals surface area contributed by atoms with E-state index in [4.69, 9.17) is 19.3 Å². The van der Waals surface area contributed by atoms with Gasteiger partial charge in [-0.05, 0) is 57.7 Å². The van der Waals surface area contributed by atoms with E-state index >= 15 is 0 Å². The van der Waals surface area contributed by atoms with Gasteiger partial charge in [0, 0.05) is 31.6 Å². The number of hydrogen-bond acceptors (Lipinski definition) is 6. The highest BCUT2D eigenvalue weighted by atomic mass is 32.2. The quantitative estimate of drug-likeness (QED) is 0.127. The van der Waals surface area contributed by atoms with Crippen LogP contribution in [0.3, 0.4) is 0 Å². The number of hydrogen-bond donors (Lipinski definition) is 1. The summed E-state index contributed by atoms with van der Waals surface area (Å²) in [4.78, 5) is 22.5. The molecule has 2 heterocycles. The Morgan fingerprint density at radius 3 is 2.59 bits per heavy atom. The normalized spacial score (nSPS) is 17.3. The number of nitrogens with zero attached hydrogens (tertiary/aromatic N) is 3. The molecule has 0 bridgehead atoms. The van der Waals surface area contributed by atoms with Gasteiger partial charge in [-0.1, -0.05) is 56.7 Å². The van der Waals surface area contributed by atoms with Gasteiger partial charge in [0.05, 0.1) is 24.7 Å². The van der Waals surface area contributed by atoms with E-state index in [0.29, 0.717) is 10.9 Å². The van der Waals surface area contributed by atoms with Gasteiger partial charge in [0.1, 0.15) is 11.5 Å². The molecule has 7 nitrogen and oxygen atoms in total. The van der Waals surface area contributed by atoms with Crippen molar-refractivity contribution in [3.63, 3.8) is 0 Å². The Morgan fingerprint density at radius 1 is 1.22 bits per heavy atom. The molecule has 1 fully saturated rings. The number of rotatable bonds is 14. The highest BCUT2D eigenvalue weighted by Gasteiger charge is 2.19. The van der Waals surface area contributed by atoms with Crippen LogP contribution in [-0.4, -0.2) is 72.5 Å². The number of aliphatic imine (C=N–C) groups is 2. The molecule has 1 aromatic heterocycles. The monoisotopic (exact) mass is 531 g/mol. The summed E-state index contributed by atoms with van der Waals surface area (Å²) in [7, 11) is 1.64. The Kier molecular flexibility index (Phi) is 14.6. The molecule has 0 spiro atoms. The molecule has 0 amide bonds. The molecule has 0 aliphatic carbocycles. The van der Waals surface area contributed by atoms with Crippen molar-refractivity contribution < 1.29 is 19.1 Å². The minimum Gasteiger partial charge on any atom is -0.481 e. The van der Waals surface area contributed by atoms with E-state index in [1.165, 1.54) is 12.0 Å². The number of carbonyl (C=O) groups is 1. The number of furan rings is 1. The lowest BCUT2D eigenvalue weighted by molar-refractivity contribution is -0.133. The number of aliphatic carboxylic acids is 1. The zero-order valence-electron chi connectivity index (χ0n) is 23.3. The van der Waals surface area contributed by atoms with Crippen LogP contribution in [0.4, 0.5) is 0 Å². The second-order valence-corrected chi connectivity index (χ2v) is 10.4. The fraction of sp³-hybridized carbons (Fsp3) is 0.621. The number of carboxylic acids is 1. The van der Waals surface area contributed by atoms with E-state index < -0.39 is 5.97 Å². The Labute approximate surface area is 227 Å². The second-order valence-electron chi connectivity index (χ2n) is 9.49. The molecule has 1 aliphatic heterocycles. The summed E-state index contributed by atoms with van der Waals surface area (Å²) >= 11 is 1.13. The Bertz CT molecular complexity index is 958. The van der Waals surface area contributed by atoms with Crippen LogP contribution >= 0.6 is 11.8 Å². The SMILES string of the molecule is CCCC(C)C(=NC(=NC)SCC(=O)O)c1ccc(C(C=C(C)CC)=CCCCCN2CCOCC2)o1. The van der Waals surface area contributed by atoms with Crippen molar-refractivity contribution >= 4 is 34.2 Å². The maximum Gasteiger partial charge on any atom is 0.313 e. The topological polar surface area (TPSA) is 87.6 Å². The third-order valence-corrected chi connectivity index (χ3v) is 7.34. The van der Waals surface area contributed by atoms with Crippen LogP contribution in [0.5, 0.6) is 0 Å². The molecule has 2 rings (SSSR count). The summed E-state index contributed by atoms with van der Waals surface area (Å²) in [5, 5.41) is 9.52. The smallest absolute Gasteiger partial charge is 0.313 e. The van der Waals surface area contributed by atoms with Crippen LogP contribution in [0.15, 0.2) is 44.3 Å². The summed E-state index contributed by atoms with van der Waals surface area (Å²) in [6.07, 6.45) is 10.8. The Morgan fingerprint density at radius 2 is 1.95 bits per heavy atom. The van der Waals surface area contributed by atoms with Crippen LogP contribution in [0.1, 0.15) is 77.7 Å². The lowest BCUT2D eigenvalue weighted by Crippen LogP contribution is -2.36. The van der Waals surface area contributed by atoms with Crippen molar-refractivity contribution in [2.45, 2.75) is 66.2 Å². The molecule has 1 saturated heterocycles. The fourth-order valence-corrected chi connectivity index (χ4v) is 4.69. The lowest BCUT2D eigenvalue weighted by Gasteiger charge is -2.26. The van der Waals surface area contributed by atoms with Crippen molar-refractivity contribution in [3.05, 3.63) is 41.4 Å². The van der Waals surface area contributed by atoms with Crippen LogP contribution in [-0.2, 0) is 9.53 Å². The van der Waals surface area contributed by atoms with Gasteiger partial charge in [-0.2, -0.15) is 0 Å². The van der Waals surface area contributed by atoms with Crippen molar-refractivity contribution in [2.24, 2.45) is 15.9 Å². The summed E-state index contributed by atoms with van der Waals surface area (Å²) in [5.41, 5.74) is 3.22. The average molecular weight is 532 g/mol. The van der Waals surface area contributed by atoms with Crippen molar-refractivity contribution in [3.8, 4) is 0 Å². The summed E-state index contributed by atoms with van der Waals surface area (Å²) in [6.45, 7) is 13.5. The highest BCUT2D eigenvalue weighted by Crippen LogP contribution is 2.26. The lowest BCUT2D eigenvalue weighted by atomic mass is 9.98. The number of morpholine rings is 1. The molecule has 206 valence electrons. The Balaban J connectivity index is 2.21. The van der Waals surface area contributed by atoms with E-state index in [2.05, 4.69) is 49.7 Å². The van der Waals surface area contributed by atoms with Crippen LogP contribution in [0.2, 0.25) is 0 Å². The van der Waals surface area contributed by atoms with Gasteiger partial charge in [-0.15, -0.1) is 0 Å². The maximum atomic E-state index is 11.0. The second kappa shape index (κ2) is 17.4. The zero-order valence-corrected chi connectivity index (χ0v) is 24.1. The molecular weight excluding hydrogens is 486 g/mol. The molecule has 1 aromatic rings. The van der Waals surface area contributed by atoms with Crippen molar-refractivity contribution in [1.29, 1.82) is 0 Å². The molecule has 0 aromatic carbocycles. The van der Waals surface area contributed by atoms with Crippen LogP contribution in [0, 0.1) is 5.92 Å². The molecular formula is C29H45N3O4S. The predicted molar refractivity (Wildman–Crippen MR) is 156 cm³/mol. The summed E-state index contributed by atoms with van der Waals surface area (Å²) in [6, 6.07) is 4.01. The molecule has 8 heteroatoms. The van der Waals surface area contributed by atoms with E-state index in [1.54, 1.807) is 7.05 Å². The summed E-state index contributed by atoms with van der Waals surface area (Å²) in [5.74, 6) is 0.748. The molecule has 1 atom stereocenters. The van der Waals surface area contributed by atoms with E-state index in [0.717, 1.165) is 93.8 Å². The largest absolute Gasteiger partial charge is 0.481 e. The van der Waals surface area contributed by atoms with Crippen molar-refractivity contribution in [2.75, 3.05) is 45.6 Å². The first-order chi connectivity index (χ1) is 17.9. The first-order valence-corrected chi connectivity index (χ1v) is 14.5. The number of ether oxygens (including phenoxy) is 1. The first-order valence-electron chi connectivity index (χ1n) is 13.6. The molecule has 1 aliphatic rings. The van der Waals surface area contributed by atoms with Crippen LogP contribution < -0.4 is 0 Å². The van der Waals surface area contributed by atoms with E-state index in [-0.39, 0.29) is 11.7 Å². The van der Waals surface area contributed by atoms with Crippen LogP contribution in [0.25, 0.3) is 5.57 Å². The highest BCUT2D eigenvalue weighted by molar-refractivity contribution is 8.14. The average Bonchev–Trinajstić information content (AvgIpc) is 3.38. The predicted octanol–water partition coefficient (Wildman–Crippen LogP) is 6.55. The minimum atomic E-state index is -0.886. The number of unbranched alkanes of at least 4 members (excludes halogenated alkanes) is 2. The zero-order chi connectivity index (χ0) is 27.0. The fourth-order valence-electron chi connectivity index (χ4n) is 4.14. The maximum absolute atomic E-state index is 11.0. The molecule has 0 radical (unpaired) electrons. The number of thioether (sulfide) groups is 1. The summed E-state index contributed by atoms with van der Waals surface area (Å²) < 4.78 is 11.8. The molecule has 1 unspecified atom stereocenters. The van der Waals surface area contributed by atoms with Gasteiger partial charge < -0.3 is 14.3 Å². The molecule has 0 saturated carbocycles.